The minimum atomic E-state index is -0.131. The Labute approximate surface area is 113 Å². The highest BCUT2D eigenvalue weighted by Gasteiger charge is 2.44. The second-order valence-electron chi connectivity index (χ2n) is 5.76. The first-order valence-electron chi connectivity index (χ1n) is 6.94. The van der Waals surface area contributed by atoms with Crippen LogP contribution in [0.15, 0.2) is 12.4 Å². The Hall–Kier alpha value is -1.38. The van der Waals surface area contributed by atoms with E-state index < -0.39 is 0 Å². The van der Waals surface area contributed by atoms with Gasteiger partial charge in [0.2, 0.25) is 0 Å². The molecule has 5 nitrogen and oxygen atoms in total. The fourth-order valence-electron chi connectivity index (χ4n) is 3.25. The highest BCUT2D eigenvalue weighted by Crippen LogP contribution is 2.44. The molecular formula is C14H20N4O. The molecule has 3 rings (SSSR count). The van der Waals surface area contributed by atoms with Crippen molar-refractivity contribution in [1.29, 1.82) is 5.26 Å². The van der Waals surface area contributed by atoms with Crippen molar-refractivity contribution >= 4 is 0 Å². The minimum absolute atomic E-state index is 0.131. The molecule has 1 saturated heterocycles. The number of likely N-dealkylation sites (tertiary alicyclic amines) is 1. The Balaban J connectivity index is 1.76. The third-order valence-corrected chi connectivity index (χ3v) is 4.59. The summed E-state index contributed by atoms with van der Waals surface area (Å²) in [5, 5.41) is 9.41. The lowest BCUT2D eigenvalue weighted by Gasteiger charge is -2.39. The molecule has 1 aromatic heterocycles. The molecule has 1 N–H and O–H groups in total. The average molecular weight is 260 g/mol. The molecule has 2 heterocycles. The van der Waals surface area contributed by atoms with Crippen LogP contribution in [0.3, 0.4) is 0 Å². The molecule has 1 unspecified atom stereocenters. The van der Waals surface area contributed by atoms with Gasteiger partial charge >= 0.3 is 0 Å². The molecule has 0 aromatic carbocycles. The van der Waals surface area contributed by atoms with E-state index in [4.69, 9.17) is 4.74 Å². The number of aromatic nitrogens is 2. The number of ether oxygens (including phenoxy) is 1. The average Bonchev–Trinajstić information content (AvgIpc) is 3.02. The van der Waals surface area contributed by atoms with Crippen molar-refractivity contribution in [2.24, 2.45) is 5.41 Å². The summed E-state index contributed by atoms with van der Waals surface area (Å²) in [4.78, 5) is 9.95. The van der Waals surface area contributed by atoms with Gasteiger partial charge in [-0.05, 0) is 19.3 Å². The maximum Gasteiger partial charge on any atom is 0.123 e. The normalized spacial score (nSPS) is 29.9. The molecule has 2 aliphatic rings. The van der Waals surface area contributed by atoms with Gasteiger partial charge in [0.1, 0.15) is 5.82 Å². The van der Waals surface area contributed by atoms with E-state index in [2.05, 4.69) is 20.9 Å². The second kappa shape index (κ2) is 4.95. The van der Waals surface area contributed by atoms with Crippen LogP contribution in [0.2, 0.25) is 0 Å². The molecule has 5 heteroatoms. The Bertz CT molecular complexity index is 460. The van der Waals surface area contributed by atoms with Crippen molar-refractivity contribution in [2.45, 2.75) is 37.8 Å². The lowest BCUT2D eigenvalue weighted by Crippen LogP contribution is -2.41. The van der Waals surface area contributed by atoms with E-state index in [1.807, 2.05) is 6.20 Å². The van der Waals surface area contributed by atoms with Crippen molar-refractivity contribution < 1.29 is 4.74 Å². The van der Waals surface area contributed by atoms with Crippen LogP contribution in [0.5, 0.6) is 0 Å². The second-order valence-corrected chi connectivity index (χ2v) is 5.76. The van der Waals surface area contributed by atoms with Gasteiger partial charge in [-0.1, -0.05) is 6.42 Å². The van der Waals surface area contributed by atoms with Crippen LogP contribution >= 0.6 is 0 Å². The predicted octanol–water partition coefficient (Wildman–Crippen LogP) is 1.87. The van der Waals surface area contributed by atoms with Crippen molar-refractivity contribution in [3.05, 3.63) is 18.2 Å². The van der Waals surface area contributed by atoms with E-state index in [-0.39, 0.29) is 17.6 Å². The zero-order valence-electron chi connectivity index (χ0n) is 11.3. The summed E-state index contributed by atoms with van der Waals surface area (Å²) in [6.07, 6.45) is 8.08. The Kier molecular flexibility index (Phi) is 3.29. The van der Waals surface area contributed by atoms with Crippen molar-refractivity contribution in [3.63, 3.8) is 0 Å². The summed E-state index contributed by atoms with van der Waals surface area (Å²) < 4.78 is 5.50. The zero-order valence-corrected chi connectivity index (χ0v) is 11.3. The first-order chi connectivity index (χ1) is 9.26. The quantitative estimate of drug-likeness (QED) is 0.897. The van der Waals surface area contributed by atoms with Crippen LogP contribution in [0.4, 0.5) is 0 Å². The van der Waals surface area contributed by atoms with Gasteiger partial charge in [0, 0.05) is 32.6 Å². The number of H-pyrrole nitrogens is 1. The number of imidazole rings is 1. The van der Waals surface area contributed by atoms with Crippen LogP contribution in [0.25, 0.3) is 0 Å². The van der Waals surface area contributed by atoms with Gasteiger partial charge in [0.15, 0.2) is 0 Å². The number of hydrogen-bond acceptors (Lipinski definition) is 4. The number of aromatic amines is 1. The molecular weight excluding hydrogens is 240 g/mol. The monoisotopic (exact) mass is 260 g/mol. The summed E-state index contributed by atoms with van der Waals surface area (Å²) in [5.41, 5.74) is -0.131. The Morgan fingerprint density at radius 3 is 3.00 bits per heavy atom. The largest absolute Gasteiger partial charge is 0.380 e. The number of nitrogens with one attached hydrogen (secondary N) is 1. The maximum atomic E-state index is 9.41. The predicted molar refractivity (Wildman–Crippen MR) is 70.2 cm³/mol. The fourth-order valence-corrected chi connectivity index (χ4v) is 3.25. The van der Waals surface area contributed by atoms with Crippen LogP contribution in [0.1, 0.15) is 37.5 Å². The van der Waals surface area contributed by atoms with Gasteiger partial charge in [-0.3, -0.25) is 4.90 Å². The summed E-state index contributed by atoms with van der Waals surface area (Å²) in [7, 11) is 1.76. The SMILES string of the molecule is CO[C@@H]1CC(c2ncc[nH]2)N(CC2(C#N)CCC2)C1. The molecule has 19 heavy (non-hydrogen) atoms. The summed E-state index contributed by atoms with van der Waals surface area (Å²) in [6.45, 7) is 1.74. The van der Waals surface area contributed by atoms with Crippen molar-refractivity contribution in [1.82, 2.24) is 14.9 Å². The molecule has 2 fully saturated rings. The molecule has 0 amide bonds. The Morgan fingerprint density at radius 2 is 2.47 bits per heavy atom. The topological polar surface area (TPSA) is 64.9 Å². The number of nitriles is 1. The van der Waals surface area contributed by atoms with Crippen LogP contribution in [-0.4, -0.2) is 41.2 Å². The molecule has 1 aliphatic heterocycles. The molecule has 0 bridgehead atoms. The third kappa shape index (κ3) is 2.26. The van der Waals surface area contributed by atoms with E-state index in [9.17, 15) is 5.26 Å². The Morgan fingerprint density at radius 1 is 1.63 bits per heavy atom. The van der Waals surface area contributed by atoms with Gasteiger partial charge in [0.05, 0.1) is 23.6 Å². The van der Waals surface area contributed by atoms with E-state index in [0.29, 0.717) is 0 Å². The first-order valence-corrected chi connectivity index (χ1v) is 6.94. The number of nitrogens with zero attached hydrogens (tertiary/aromatic N) is 3. The van der Waals surface area contributed by atoms with Gasteiger partial charge in [0.25, 0.3) is 0 Å². The van der Waals surface area contributed by atoms with Crippen LogP contribution in [0, 0.1) is 16.7 Å². The first kappa shape index (κ1) is 12.6. The maximum absolute atomic E-state index is 9.41. The van der Waals surface area contributed by atoms with Crippen LogP contribution in [-0.2, 0) is 4.74 Å². The molecule has 0 radical (unpaired) electrons. The molecule has 1 aromatic rings. The zero-order chi connectivity index (χ0) is 13.3. The fraction of sp³-hybridized carbons (Fsp3) is 0.714. The highest BCUT2D eigenvalue weighted by molar-refractivity contribution is 5.10. The number of rotatable bonds is 4. The number of methoxy groups -OCH3 is 1. The van der Waals surface area contributed by atoms with E-state index in [0.717, 1.165) is 38.2 Å². The minimum Gasteiger partial charge on any atom is -0.380 e. The third-order valence-electron chi connectivity index (χ3n) is 4.59. The molecule has 2 atom stereocenters. The van der Waals surface area contributed by atoms with Crippen molar-refractivity contribution in [2.75, 3.05) is 20.2 Å². The lowest BCUT2D eigenvalue weighted by molar-refractivity contribution is 0.0843. The molecule has 0 spiro atoms. The molecule has 102 valence electrons. The van der Waals surface area contributed by atoms with E-state index in [1.165, 1.54) is 6.42 Å². The summed E-state index contributed by atoms with van der Waals surface area (Å²) >= 11 is 0. The van der Waals surface area contributed by atoms with Gasteiger partial charge in [-0.15, -0.1) is 0 Å². The summed E-state index contributed by atoms with van der Waals surface area (Å²) in [5.74, 6) is 0.993. The van der Waals surface area contributed by atoms with Crippen LogP contribution < -0.4 is 0 Å². The van der Waals surface area contributed by atoms with E-state index >= 15 is 0 Å². The molecule has 1 aliphatic carbocycles. The highest BCUT2D eigenvalue weighted by atomic mass is 16.5. The van der Waals surface area contributed by atoms with Gasteiger partial charge < -0.3 is 9.72 Å². The number of hydrogen-bond donors (Lipinski definition) is 1. The lowest BCUT2D eigenvalue weighted by atomic mass is 9.69. The molecule has 1 saturated carbocycles. The van der Waals surface area contributed by atoms with Gasteiger partial charge in [-0.2, -0.15) is 5.26 Å². The van der Waals surface area contributed by atoms with Gasteiger partial charge in [-0.25, -0.2) is 4.98 Å². The smallest absolute Gasteiger partial charge is 0.123 e. The summed E-state index contributed by atoms with van der Waals surface area (Å²) in [6, 6.07) is 2.78. The standard InChI is InChI=1S/C14H20N4O/c1-19-11-7-12(13-16-5-6-17-13)18(8-11)10-14(9-15)3-2-4-14/h5-6,11-12H,2-4,7-8,10H2,1H3,(H,16,17)/t11-,12?/m1/s1. The van der Waals surface area contributed by atoms with E-state index in [1.54, 1.807) is 13.3 Å². The van der Waals surface area contributed by atoms with Crippen molar-refractivity contribution in [3.8, 4) is 6.07 Å².